The summed E-state index contributed by atoms with van der Waals surface area (Å²) < 4.78 is 15.3. The van der Waals surface area contributed by atoms with E-state index in [0.29, 0.717) is 17.1 Å². The van der Waals surface area contributed by atoms with Gasteiger partial charge in [0.05, 0.1) is 14.2 Å². The summed E-state index contributed by atoms with van der Waals surface area (Å²) in [5, 5.41) is 21.6. The van der Waals surface area contributed by atoms with Crippen LogP contribution in [0.2, 0.25) is 0 Å². The Morgan fingerprint density at radius 2 is 1.72 bits per heavy atom. The molecule has 3 N–H and O–H groups in total. The maximum absolute atomic E-state index is 11.8. The molecule has 0 radical (unpaired) electrons. The van der Waals surface area contributed by atoms with Crippen molar-refractivity contribution in [2.24, 2.45) is 0 Å². The SMILES string of the molecule is COc1ccc(CCC(O)(NC(=O)OC(C)(C)C)C(=O)O)cc1OC. The number of benzene rings is 1. The molecule has 0 spiro atoms. The summed E-state index contributed by atoms with van der Waals surface area (Å²) in [5.74, 6) is -0.551. The molecule has 0 aliphatic carbocycles. The number of carboxylic acids is 1. The Hall–Kier alpha value is -2.48. The zero-order chi connectivity index (χ0) is 19.3. The number of alkyl carbamates (subject to hydrolysis) is 1. The third-order valence-corrected chi connectivity index (χ3v) is 3.28. The van der Waals surface area contributed by atoms with Crippen molar-refractivity contribution in [1.29, 1.82) is 0 Å². The van der Waals surface area contributed by atoms with E-state index in [4.69, 9.17) is 14.2 Å². The molecule has 0 bridgehead atoms. The molecule has 0 saturated carbocycles. The van der Waals surface area contributed by atoms with Crippen molar-refractivity contribution in [2.45, 2.75) is 44.9 Å². The molecule has 1 unspecified atom stereocenters. The van der Waals surface area contributed by atoms with E-state index in [-0.39, 0.29) is 12.8 Å². The van der Waals surface area contributed by atoms with Gasteiger partial charge < -0.3 is 24.4 Å². The van der Waals surface area contributed by atoms with Crippen LogP contribution in [-0.2, 0) is 16.0 Å². The van der Waals surface area contributed by atoms with E-state index in [1.165, 1.54) is 14.2 Å². The van der Waals surface area contributed by atoms with Crippen LogP contribution in [0.1, 0.15) is 32.8 Å². The maximum atomic E-state index is 11.8. The summed E-state index contributed by atoms with van der Waals surface area (Å²) in [7, 11) is 2.99. The van der Waals surface area contributed by atoms with E-state index in [9.17, 15) is 19.8 Å². The molecule has 1 atom stereocenters. The van der Waals surface area contributed by atoms with Gasteiger partial charge in [-0.25, -0.2) is 9.59 Å². The molecule has 1 rings (SSSR count). The predicted octanol–water partition coefficient (Wildman–Crippen LogP) is 1.93. The van der Waals surface area contributed by atoms with Crippen LogP contribution in [0, 0.1) is 0 Å². The molecule has 1 aromatic carbocycles. The monoisotopic (exact) mass is 355 g/mol. The van der Waals surface area contributed by atoms with Gasteiger partial charge in [-0.15, -0.1) is 0 Å². The molecule has 8 heteroatoms. The van der Waals surface area contributed by atoms with Crippen molar-refractivity contribution in [3.8, 4) is 11.5 Å². The van der Waals surface area contributed by atoms with Crippen LogP contribution in [0.4, 0.5) is 4.79 Å². The molecule has 8 nitrogen and oxygen atoms in total. The van der Waals surface area contributed by atoms with Gasteiger partial charge in [0.15, 0.2) is 11.5 Å². The number of carboxylic acid groups (broad SMARTS) is 1. The van der Waals surface area contributed by atoms with Crippen LogP contribution >= 0.6 is 0 Å². The van der Waals surface area contributed by atoms with Crippen LogP contribution < -0.4 is 14.8 Å². The number of rotatable bonds is 7. The second-order valence-corrected chi connectivity index (χ2v) is 6.48. The molecule has 1 amide bonds. The van der Waals surface area contributed by atoms with Crippen molar-refractivity contribution < 1.29 is 34.0 Å². The van der Waals surface area contributed by atoms with Crippen molar-refractivity contribution in [3.63, 3.8) is 0 Å². The van der Waals surface area contributed by atoms with Crippen LogP contribution in [0.3, 0.4) is 0 Å². The third kappa shape index (κ3) is 6.15. The van der Waals surface area contributed by atoms with E-state index in [1.54, 1.807) is 39.0 Å². The molecule has 25 heavy (non-hydrogen) atoms. The minimum absolute atomic E-state index is 0.180. The molecule has 0 aromatic heterocycles. The van der Waals surface area contributed by atoms with Crippen molar-refractivity contribution >= 4 is 12.1 Å². The van der Waals surface area contributed by atoms with Crippen molar-refractivity contribution in [2.75, 3.05) is 14.2 Å². The average Bonchev–Trinajstić information content (AvgIpc) is 2.50. The lowest BCUT2D eigenvalue weighted by Gasteiger charge is -2.27. The topological polar surface area (TPSA) is 114 Å². The quantitative estimate of drug-likeness (QED) is 0.640. The first-order valence-electron chi connectivity index (χ1n) is 7.68. The summed E-state index contributed by atoms with van der Waals surface area (Å²) >= 11 is 0. The highest BCUT2D eigenvalue weighted by atomic mass is 16.6. The maximum Gasteiger partial charge on any atom is 0.410 e. The van der Waals surface area contributed by atoms with Gasteiger partial charge in [0, 0.05) is 6.42 Å². The zero-order valence-corrected chi connectivity index (χ0v) is 15.1. The fourth-order valence-corrected chi connectivity index (χ4v) is 2.06. The molecular weight excluding hydrogens is 330 g/mol. The minimum Gasteiger partial charge on any atom is -0.493 e. The van der Waals surface area contributed by atoms with Gasteiger partial charge >= 0.3 is 12.1 Å². The predicted molar refractivity (Wildman–Crippen MR) is 89.8 cm³/mol. The molecular formula is C17H25NO7. The molecule has 0 aliphatic rings. The summed E-state index contributed by atoms with van der Waals surface area (Å²) in [5.41, 5.74) is -2.55. The summed E-state index contributed by atoms with van der Waals surface area (Å²) in [4.78, 5) is 23.2. The normalized spacial score (nSPS) is 13.5. The third-order valence-electron chi connectivity index (χ3n) is 3.28. The number of hydrogen-bond donors (Lipinski definition) is 3. The molecule has 0 saturated heterocycles. The number of carbonyl (C=O) groups is 2. The molecule has 0 aliphatic heterocycles. The van der Waals surface area contributed by atoms with Gasteiger partial charge in [-0.3, -0.25) is 5.32 Å². The van der Waals surface area contributed by atoms with Crippen LogP contribution in [0.15, 0.2) is 18.2 Å². The number of methoxy groups -OCH3 is 2. The summed E-state index contributed by atoms with van der Waals surface area (Å²) in [6.45, 7) is 4.90. The Morgan fingerprint density at radius 3 is 2.20 bits per heavy atom. The Balaban J connectivity index is 2.84. The zero-order valence-electron chi connectivity index (χ0n) is 15.1. The van der Waals surface area contributed by atoms with E-state index in [1.807, 2.05) is 5.32 Å². The van der Waals surface area contributed by atoms with Gasteiger partial charge in [-0.2, -0.15) is 0 Å². The Labute approximate surface area is 146 Å². The molecule has 0 heterocycles. The highest BCUT2D eigenvalue weighted by Gasteiger charge is 2.38. The minimum atomic E-state index is -2.45. The largest absolute Gasteiger partial charge is 0.493 e. The second-order valence-electron chi connectivity index (χ2n) is 6.48. The van der Waals surface area contributed by atoms with Gasteiger partial charge in [0.1, 0.15) is 5.60 Å². The first-order chi connectivity index (χ1) is 11.5. The highest BCUT2D eigenvalue weighted by molar-refractivity contribution is 5.82. The molecule has 1 aromatic rings. The average molecular weight is 355 g/mol. The Kier molecular flexibility index (Phi) is 6.63. The fraction of sp³-hybridized carbons (Fsp3) is 0.529. The second kappa shape index (κ2) is 8.06. The number of hydrogen-bond acceptors (Lipinski definition) is 6. The van der Waals surface area contributed by atoms with E-state index in [2.05, 4.69) is 0 Å². The number of aliphatic hydroxyl groups is 1. The van der Waals surface area contributed by atoms with Gasteiger partial charge in [-0.05, 0) is 44.9 Å². The number of nitrogens with one attached hydrogen (secondary N) is 1. The fourth-order valence-electron chi connectivity index (χ4n) is 2.06. The standard InChI is InChI=1S/C17H25NO7/c1-16(2,3)25-15(21)18-17(22,14(19)20)9-8-11-6-7-12(23-4)13(10-11)24-5/h6-7,10,22H,8-9H2,1-5H3,(H,18,21)(H,19,20). The van der Waals surface area contributed by atoms with E-state index in [0.717, 1.165) is 0 Å². The number of aryl methyl sites for hydroxylation is 1. The van der Waals surface area contributed by atoms with Gasteiger partial charge in [0.25, 0.3) is 0 Å². The number of ether oxygens (including phenoxy) is 3. The lowest BCUT2D eigenvalue weighted by molar-refractivity contribution is -0.162. The van der Waals surface area contributed by atoms with Crippen molar-refractivity contribution in [3.05, 3.63) is 23.8 Å². The number of amides is 1. The van der Waals surface area contributed by atoms with Crippen LogP contribution in [-0.4, -0.2) is 47.8 Å². The Bertz CT molecular complexity index is 624. The number of carbonyl (C=O) groups excluding carboxylic acids is 1. The van der Waals surface area contributed by atoms with Crippen LogP contribution in [0.25, 0.3) is 0 Å². The summed E-state index contributed by atoms with van der Waals surface area (Å²) in [6, 6.07) is 5.07. The first kappa shape index (κ1) is 20.6. The lowest BCUT2D eigenvalue weighted by Crippen LogP contribution is -2.55. The molecule has 0 fully saturated rings. The van der Waals surface area contributed by atoms with Gasteiger partial charge in [0.2, 0.25) is 5.72 Å². The van der Waals surface area contributed by atoms with E-state index < -0.39 is 23.4 Å². The van der Waals surface area contributed by atoms with E-state index >= 15 is 0 Å². The summed E-state index contributed by atoms with van der Waals surface area (Å²) in [6.07, 6.45) is -1.08. The van der Waals surface area contributed by atoms with Crippen molar-refractivity contribution in [1.82, 2.24) is 5.32 Å². The highest BCUT2D eigenvalue weighted by Crippen LogP contribution is 2.28. The number of aliphatic carboxylic acids is 1. The Morgan fingerprint density at radius 1 is 1.12 bits per heavy atom. The molecule has 140 valence electrons. The first-order valence-corrected chi connectivity index (χ1v) is 7.68. The van der Waals surface area contributed by atoms with Crippen LogP contribution in [0.5, 0.6) is 11.5 Å². The smallest absolute Gasteiger partial charge is 0.410 e. The van der Waals surface area contributed by atoms with Gasteiger partial charge in [-0.1, -0.05) is 6.07 Å². The lowest BCUT2D eigenvalue weighted by atomic mass is 10.0.